The molecule has 10 heteroatoms. The van der Waals surface area contributed by atoms with Crippen LogP contribution in [0.2, 0.25) is 0 Å². The third kappa shape index (κ3) is 4.18. The average molecular weight is 416 g/mol. The van der Waals surface area contributed by atoms with Crippen molar-refractivity contribution < 1.29 is 21.6 Å². The number of rotatable bonds is 5. The second kappa shape index (κ2) is 7.50. The number of nitrogens with zero attached hydrogens (tertiary/aromatic N) is 3. The number of sulfonamides is 1. The first-order valence-electron chi connectivity index (χ1n) is 8.93. The standard InChI is InChI=1S/C17H25N3O5S2/c1-18(2)20(15-8-11-26(22,23)13-15)17(21)14-6-5-7-16(12-14)27(24,25)19-9-3-4-10-19/h5-7,12,15H,3-4,8-11,13H2,1-2H3. The molecule has 0 spiro atoms. The molecule has 0 N–H and O–H groups in total. The quantitative estimate of drug-likeness (QED) is 0.653. The molecule has 8 nitrogen and oxygen atoms in total. The predicted molar refractivity (Wildman–Crippen MR) is 101 cm³/mol. The SMILES string of the molecule is CN(C)N(C(=O)c1cccc(S(=O)(=O)N2CCCC2)c1)C1CCS(=O)(=O)C1. The van der Waals surface area contributed by atoms with E-state index in [1.807, 2.05) is 0 Å². The lowest BCUT2D eigenvalue weighted by Gasteiger charge is -2.33. The maximum absolute atomic E-state index is 13.1. The fraction of sp³-hybridized carbons (Fsp3) is 0.588. The van der Waals surface area contributed by atoms with Crippen molar-refractivity contribution in [3.63, 3.8) is 0 Å². The maximum Gasteiger partial charge on any atom is 0.268 e. The average Bonchev–Trinajstić information content (AvgIpc) is 3.25. The summed E-state index contributed by atoms with van der Waals surface area (Å²) in [5.41, 5.74) is 0.230. The molecule has 1 unspecified atom stereocenters. The smallest absolute Gasteiger partial charge is 0.268 e. The van der Waals surface area contributed by atoms with Crippen LogP contribution in [0.15, 0.2) is 29.2 Å². The molecule has 0 saturated carbocycles. The Hall–Kier alpha value is -1.49. The van der Waals surface area contributed by atoms with E-state index in [1.165, 1.54) is 21.4 Å². The van der Waals surface area contributed by atoms with Crippen LogP contribution in [0, 0.1) is 0 Å². The molecule has 0 aliphatic carbocycles. The van der Waals surface area contributed by atoms with E-state index in [0.29, 0.717) is 19.5 Å². The monoisotopic (exact) mass is 415 g/mol. The number of sulfone groups is 1. The molecular formula is C17H25N3O5S2. The van der Waals surface area contributed by atoms with Crippen molar-refractivity contribution in [2.45, 2.75) is 30.2 Å². The molecule has 1 amide bonds. The molecule has 2 aliphatic heterocycles. The Kier molecular flexibility index (Phi) is 5.62. The van der Waals surface area contributed by atoms with E-state index in [-0.39, 0.29) is 22.0 Å². The molecule has 1 aromatic carbocycles. The summed E-state index contributed by atoms with van der Waals surface area (Å²) in [6.07, 6.45) is 2.04. The summed E-state index contributed by atoms with van der Waals surface area (Å²) in [6, 6.07) is 5.54. The summed E-state index contributed by atoms with van der Waals surface area (Å²) in [5, 5.41) is 2.97. The van der Waals surface area contributed by atoms with Crippen LogP contribution in [0.3, 0.4) is 0 Å². The molecule has 0 aromatic heterocycles. The molecule has 0 bridgehead atoms. The molecule has 150 valence electrons. The van der Waals surface area contributed by atoms with Gasteiger partial charge in [-0.15, -0.1) is 0 Å². The number of carbonyl (C=O) groups excluding carboxylic acids is 1. The summed E-state index contributed by atoms with van der Waals surface area (Å²) in [6.45, 7) is 0.981. The van der Waals surface area contributed by atoms with Crippen molar-refractivity contribution in [2.75, 3.05) is 38.7 Å². The number of hydrogen-bond acceptors (Lipinski definition) is 6. The number of benzene rings is 1. The van der Waals surface area contributed by atoms with E-state index in [4.69, 9.17) is 0 Å². The minimum absolute atomic E-state index is 0.0542. The van der Waals surface area contributed by atoms with Crippen LogP contribution in [-0.2, 0) is 19.9 Å². The third-order valence-electron chi connectivity index (χ3n) is 4.98. The van der Waals surface area contributed by atoms with E-state index in [1.54, 1.807) is 31.2 Å². The summed E-state index contributed by atoms with van der Waals surface area (Å²) in [7, 11) is -3.43. The summed E-state index contributed by atoms with van der Waals surface area (Å²) in [5.74, 6) is -0.429. The maximum atomic E-state index is 13.1. The van der Waals surface area contributed by atoms with Crippen molar-refractivity contribution in [2.24, 2.45) is 0 Å². The highest BCUT2D eigenvalue weighted by Gasteiger charge is 2.37. The zero-order chi connectivity index (χ0) is 19.8. The van der Waals surface area contributed by atoms with Gasteiger partial charge in [0, 0.05) is 32.7 Å². The van der Waals surface area contributed by atoms with Gasteiger partial charge in [0.25, 0.3) is 5.91 Å². The molecule has 0 radical (unpaired) electrons. The van der Waals surface area contributed by atoms with E-state index in [9.17, 15) is 21.6 Å². The number of hydrogen-bond donors (Lipinski definition) is 0. The highest BCUT2D eigenvalue weighted by Crippen LogP contribution is 2.24. The number of hydrazine groups is 1. The van der Waals surface area contributed by atoms with Crippen LogP contribution in [0.25, 0.3) is 0 Å². The molecule has 3 rings (SSSR count). The predicted octanol–water partition coefficient (Wildman–Crippen LogP) is 0.577. The van der Waals surface area contributed by atoms with Crippen LogP contribution < -0.4 is 0 Å². The fourth-order valence-corrected chi connectivity index (χ4v) is 6.90. The number of amides is 1. The van der Waals surface area contributed by atoms with Crippen LogP contribution in [0.5, 0.6) is 0 Å². The molecule has 2 saturated heterocycles. The van der Waals surface area contributed by atoms with Gasteiger partial charge in [-0.2, -0.15) is 4.31 Å². The molecule has 2 aliphatic rings. The van der Waals surface area contributed by atoms with Gasteiger partial charge in [-0.3, -0.25) is 9.80 Å². The van der Waals surface area contributed by atoms with Gasteiger partial charge in [-0.05, 0) is 37.5 Å². The first kappa shape index (κ1) is 20.2. The van der Waals surface area contributed by atoms with Crippen LogP contribution in [0.1, 0.15) is 29.6 Å². The van der Waals surface area contributed by atoms with E-state index < -0.39 is 31.8 Å². The van der Waals surface area contributed by atoms with Crippen molar-refractivity contribution in [3.8, 4) is 0 Å². The minimum atomic E-state index is -3.63. The van der Waals surface area contributed by atoms with Crippen molar-refractivity contribution >= 4 is 25.8 Å². The molecule has 1 atom stereocenters. The topological polar surface area (TPSA) is 95.1 Å². The highest BCUT2D eigenvalue weighted by molar-refractivity contribution is 7.91. The Morgan fingerprint density at radius 1 is 1.19 bits per heavy atom. The largest absolute Gasteiger partial charge is 0.268 e. The van der Waals surface area contributed by atoms with Gasteiger partial charge in [0.2, 0.25) is 10.0 Å². The van der Waals surface area contributed by atoms with Crippen LogP contribution in [-0.4, -0.2) is 81.8 Å². The Morgan fingerprint density at radius 3 is 2.41 bits per heavy atom. The molecule has 1 aromatic rings. The van der Waals surface area contributed by atoms with Gasteiger partial charge in [0.05, 0.1) is 22.4 Å². The lowest BCUT2D eigenvalue weighted by Crippen LogP contribution is -2.49. The second-order valence-corrected chi connectivity index (χ2v) is 11.4. The Balaban J connectivity index is 1.90. The zero-order valence-corrected chi connectivity index (χ0v) is 17.2. The lowest BCUT2D eigenvalue weighted by atomic mass is 10.1. The fourth-order valence-electron chi connectivity index (χ4n) is 3.64. The van der Waals surface area contributed by atoms with E-state index >= 15 is 0 Å². The summed E-state index contributed by atoms with van der Waals surface area (Å²) < 4.78 is 50.6. The van der Waals surface area contributed by atoms with Gasteiger partial charge >= 0.3 is 0 Å². The number of carbonyl (C=O) groups is 1. The summed E-state index contributed by atoms with van der Waals surface area (Å²) in [4.78, 5) is 13.2. The Morgan fingerprint density at radius 2 is 1.85 bits per heavy atom. The van der Waals surface area contributed by atoms with Gasteiger partial charge in [-0.1, -0.05) is 6.07 Å². The van der Waals surface area contributed by atoms with Gasteiger partial charge in [-0.25, -0.2) is 21.8 Å². The molecule has 2 fully saturated rings. The van der Waals surface area contributed by atoms with Crippen molar-refractivity contribution in [1.29, 1.82) is 0 Å². The zero-order valence-electron chi connectivity index (χ0n) is 15.5. The molecule has 27 heavy (non-hydrogen) atoms. The first-order chi connectivity index (χ1) is 12.6. The highest BCUT2D eigenvalue weighted by atomic mass is 32.2. The van der Waals surface area contributed by atoms with Crippen LogP contribution >= 0.6 is 0 Å². The lowest BCUT2D eigenvalue weighted by molar-refractivity contribution is 0.000988. The van der Waals surface area contributed by atoms with Crippen LogP contribution in [0.4, 0.5) is 0 Å². The van der Waals surface area contributed by atoms with E-state index in [2.05, 4.69) is 0 Å². The van der Waals surface area contributed by atoms with Gasteiger partial charge in [0.15, 0.2) is 9.84 Å². The van der Waals surface area contributed by atoms with E-state index in [0.717, 1.165) is 12.8 Å². The van der Waals surface area contributed by atoms with Crippen molar-refractivity contribution in [1.82, 2.24) is 14.3 Å². The first-order valence-corrected chi connectivity index (χ1v) is 12.2. The minimum Gasteiger partial charge on any atom is -0.268 e. The summed E-state index contributed by atoms with van der Waals surface area (Å²) >= 11 is 0. The second-order valence-electron chi connectivity index (χ2n) is 7.19. The van der Waals surface area contributed by atoms with Crippen molar-refractivity contribution in [3.05, 3.63) is 29.8 Å². The Bertz CT molecular complexity index is 922. The molecule has 2 heterocycles. The van der Waals surface area contributed by atoms with Gasteiger partial charge in [0.1, 0.15) is 0 Å². The van der Waals surface area contributed by atoms with Gasteiger partial charge < -0.3 is 0 Å². The Labute approximate surface area is 160 Å². The normalized spacial score (nSPS) is 23.0. The molecular weight excluding hydrogens is 390 g/mol. The third-order valence-corrected chi connectivity index (χ3v) is 8.62.